The summed E-state index contributed by atoms with van der Waals surface area (Å²) in [5.74, 6) is 0.714. The zero-order valence-electron chi connectivity index (χ0n) is 18.4. The summed E-state index contributed by atoms with van der Waals surface area (Å²) >= 11 is 6.18. The fourth-order valence-corrected chi connectivity index (χ4v) is 4.10. The van der Waals surface area contributed by atoms with E-state index in [0.29, 0.717) is 57.1 Å². The second kappa shape index (κ2) is 9.44. The van der Waals surface area contributed by atoms with Gasteiger partial charge in [-0.25, -0.2) is 19.6 Å². The molecule has 172 valence electrons. The molecule has 1 atom stereocenters. The van der Waals surface area contributed by atoms with Crippen LogP contribution in [0.4, 0.5) is 15.4 Å². The van der Waals surface area contributed by atoms with E-state index in [1.54, 1.807) is 12.0 Å². The quantitative estimate of drug-likeness (QED) is 0.690. The van der Waals surface area contributed by atoms with E-state index in [1.807, 2.05) is 20.8 Å². The molecule has 10 nitrogen and oxygen atoms in total. The summed E-state index contributed by atoms with van der Waals surface area (Å²) in [5, 5.41) is 9.40. The summed E-state index contributed by atoms with van der Waals surface area (Å²) in [6.07, 6.45) is -0.149. The number of amides is 2. The van der Waals surface area contributed by atoms with Crippen molar-refractivity contribution in [3.05, 3.63) is 16.5 Å². The predicted molar refractivity (Wildman–Crippen MR) is 115 cm³/mol. The Bertz CT molecular complexity index is 831. The van der Waals surface area contributed by atoms with E-state index in [-0.39, 0.29) is 24.0 Å². The van der Waals surface area contributed by atoms with Crippen molar-refractivity contribution in [2.24, 2.45) is 0 Å². The van der Waals surface area contributed by atoms with Crippen LogP contribution < -0.4 is 4.90 Å². The van der Waals surface area contributed by atoms with Gasteiger partial charge in [-0.2, -0.15) is 0 Å². The first-order chi connectivity index (χ1) is 14.6. The lowest BCUT2D eigenvalue weighted by molar-refractivity contribution is 0.0105. The van der Waals surface area contributed by atoms with Gasteiger partial charge in [0.15, 0.2) is 0 Å². The molecule has 0 aliphatic carbocycles. The summed E-state index contributed by atoms with van der Waals surface area (Å²) in [4.78, 5) is 38.0. The lowest BCUT2D eigenvalue weighted by Gasteiger charge is -2.43. The maximum Gasteiger partial charge on any atom is 0.410 e. The van der Waals surface area contributed by atoms with Crippen molar-refractivity contribution in [3.63, 3.8) is 0 Å². The second-order valence-corrected chi connectivity index (χ2v) is 9.09. The fourth-order valence-electron chi connectivity index (χ4n) is 3.92. The van der Waals surface area contributed by atoms with Gasteiger partial charge in [-0.15, -0.1) is 0 Å². The van der Waals surface area contributed by atoms with Crippen molar-refractivity contribution in [2.75, 3.05) is 44.8 Å². The molecule has 1 fully saturated rings. The van der Waals surface area contributed by atoms with Crippen LogP contribution in [-0.4, -0.2) is 88.6 Å². The van der Waals surface area contributed by atoms with Gasteiger partial charge in [0.1, 0.15) is 11.4 Å². The minimum Gasteiger partial charge on any atom is -0.465 e. The fraction of sp³-hybridized carbons (Fsp3) is 0.700. The van der Waals surface area contributed by atoms with Crippen molar-refractivity contribution in [2.45, 2.75) is 51.8 Å². The van der Waals surface area contributed by atoms with Crippen molar-refractivity contribution in [1.29, 1.82) is 0 Å². The molecule has 0 bridgehead atoms. The van der Waals surface area contributed by atoms with Crippen LogP contribution in [0, 0.1) is 0 Å². The average Bonchev–Trinajstić information content (AvgIpc) is 2.69. The number of nitrogens with zero attached hydrogens (tertiary/aromatic N) is 5. The largest absolute Gasteiger partial charge is 0.465 e. The first-order valence-corrected chi connectivity index (χ1v) is 10.7. The number of ether oxygens (including phenoxy) is 2. The lowest BCUT2D eigenvalue weighted by Crippen LogP contribution is -2.57. The molecule has 1 aromatic rings. The maximum absolute atomic E-state index is 12.8. The minimum absolute atomic E-state index is 0.0870. The monoisotopic (exact) mass is 455 g/mol. The SMILES string of the molecule is COCCC1CN(c2nc(Cl)nc3c2CCN(C(=O)O)C3)CCN1C(=O)OC(C)(C)C. The molecule has 1 saturated heterocycles. The average molecular weight is 456 g/mol. The van der Waals surface area contributed by atoms with Crippen LogP contribution in [0.15, 0.2) is 0 Å². The summed E-state index contributed by atoms with van der Waals surface area (Å²) in [7, 11) is 1.63. The Hall–Kier alpha value is -2.33. The Morgan fingerprint density at radius 2 is 1.97 bits per heavy atom. The number of fused-ring (bicyclic) bond motifs is 1. The number of aromatic nitrogens is 2. The number of hydrogen-bond donors (Lipinski definition) is 1. The van der Waals surface area contributed by atoms with E-state index >= 15 is 0 Å². The van der Waals surface area contributed by atoms with Gasteiger partial charge in [-0.3, -0.25) is 0 Å². The van der Waals surface area contributed by atoms with Crippen molar-refractivity contribution in [1.82, 2.24) is 19.8 Å². The lowest BCUT2D eigenvalue weighted by atomic mass is 10.0. The number of piperazine rings is 1. The van der Waals surface area contributed by atoms with Crippen molar-refractivity contribution < 1.29 is 24.2 Å². The van der Waals surface area contributed by atoms with Gasteiger partial charge in [0.2, 0.25) is 5.28 Å². The zero-order valence-corrected chi connectivity index (χ0v) is 19.2. The van der Waals surface area contributed by atoms with Crippen LogP contribution in [0.25, 0.3) is 0 Å². The molecule has 1 N–H and O–H groups in total. The minimum atomic E-state index is -0.979. The molecule has 2 aliphatic rings. The smallest absolute Gasteiger partial charge is 0.410 e. The highest BCUT2D eigenvalue weighted by molar-refractivity contribution is 6.28. The summed E-state index contributed by atoms with van der Waals surface area (Å²) in [6, 6.07) is -0.118. The Morgan fingerprint density at radius 1 is 1.23 bits per heavy atom. The van der Waals surface area contributed by atoms with Crippen LogP contribution in [0.1, 0.15) is 38.4 Å². The molecule has 0 aromatic carbocycles. The first-order valence-electron chi connectivity index (χ1n) is 10.4. The molecule has 3 heterocycles. The number of anilines is 1. The molecule has 0 radical (unpaired) electrons. The molecular formula is C20H30ClN5O5. The predicted octanol–water partition coefficient (Wildman–Crippen LogP) is 2.63. The van der Waals surface area contributed by atoms with E-state index in [2.05, 4.69) is 14.9 Å². The second-order valence-electron chi connectivity index (χ2n) is 8.75. The number of carboxylic acid groups (broad SMARTS) is 1. The van der Waals surface area contributed by atoms with Crippen LogP contribution >= 0.6 is 11.6 Å². The number of hydrogen-bond acceptors (Lipinski definition) is 7. The van der Waals surface area contributed by atoms with Gasteiger partial charge < -0.3 is 29.3 Å². The van der Waals surface area contributed by atoms with Gasteiger partial charge in [0, 0.05) is 45.5 Å². The number of carbonyl (C=O) groups excluding carboxylic acids is 1. The number of methoxy groups -OCH3 is 1. The normalized spacial score (nSPS) is 19.3. The van der Waals surface area contributed by atoms with Gasteiger partial charge in [-0.05, 0) is 45.2 Å². The van der Waals surface area contributed by atoms with Crippen LogP contribution in [0.3, 0.4) is 0 Å². The molecule has 0 saturated carbocycles. The standard InChI is InChI=1S/C20H30ClN5O5/c1-20(2,3)31-19(29)26-9-8-24(11-13(26)6-10-30-4)16-14-5-7-25(18(27)28)12-15(14)22-17(21)23-16/h13H,5-12H2,1-4H3,(H,27,28). The third-order valence-corrected chi connectivity index (χ3v) is 5.52. The first kappa shape index (κ1) is 23.3. The molecule has 3 rings (SSSR count). The Kier molecular flexibility index (Phi) is 7.10. The third kappa shape index (κ3) is 5.68. The topological polar surface area (TPSA) is 108 Å². The molecule has 31 heavy (non-hydrogen) atoms. The molecule has 0 spiro atoms. The molecule has 1 unspecified atom stereocenters. The number of rotatable bonds is 4. The highest BCUT2D eigenvalue weighted by Crippen LogP contribution is 2.30. The van der Waals surface area contributed by atoms with Gasteiger partial charge in [-0.1, -0.05) is 0 Å². The highest BCUT2D eigenvalue weighted by atomic mass is 35.5. The van der Waals surface area contributed by atoms with Crippen LogP contribution in [-0.2, 0) is 22.4 Å². The number of halogens is 1. The van der Waals surface area contributed by atoms with Crippen molar-refractivity contribution >= 4 is 29.6 Å². The number of carbonyl (C=O) groups is 2. The summed E-state index contributed by atoms with van der Waals surface area (Å²) in [5.41, 5.74) is 0.972. The molecular weight excluding hydrogens is 426 g/mol. The molecule has 1 aromatic heterocycles. The van der Waals surface area contributed by atoms with Gasteiger partial charge in [0.25, 0.3) is 0 Å². The van der Waals surface area contributed by atoms with Gasteiger partial charge in [0.05, 0.1) is 18.3 Å². The zero-order chi connectivity index (χ0) is 22.8. The summed E-state index contributed by atoms with van der Waals surface area (Å²) in [6.45, 7) is 8.20. The Morgan fingerprint density at radius 3 is 2.61 bits per heavy atom. The Balaban J connectivity index is 1.83. The van der Waals surface area contributed by atoms with Crippen molar-refractivity contribution in [3.8, 4) is 0 Å². The van der Waals surface area contributed by atoms with Crippen LogP contribution in [0.2, 0.25) is 5.28 Å². The highest BCUT2D eigenvalue weighted by Gasteiger charge is 2.35. The van der Waals surface area contributed by atoms with Crippen LogP contribution in [0.5, 0.6) is 0 Å². The maximum atomic E-state index is 12.8. The summed E-state index contributed by atoms with van der Waals surface area (Å²) < 4.78 is 10.8. The van der Waals surface area contributed by atoms with E-state index in [9.17, 15) is 14.7 Å². The molecule has 11 heteroatoms. The van der Waals surface area contributed by atoms with Gasteiger partial charge >= 0.3 is 12.2 Å². The van der Waals surface area contributed by atoms with E-state index in [1.165, 1.54) is 4.90 Å². The molecule has 2 amide bonds. The van der Waals surface area contributed by atoms with E-state index in [0.717, 1.165) is 5.56 Å². The van der Waals surface area contributed by atoms with E-state index in [4.69, 9.17) is 21.1 Å². The van der Waals surface area contributed by atoms with E-state index < -0.39 is 11.7 Å². The molecule has 2 aliphatic heterocycles. The third-order valence-electron chi connectivity index (χ3n) is 5.35. The Labute approximate surface area is 187 Å².